The molecule has 0 bridgehead atoms. The summed E-state index contributed by atoms with van der Waals surface area (Å²) in [6.45, 7) is -1.64. The molecule has 1 fully saturated rings. The Morgan fingerprint density at radius 3 is 2.63 bits per heavy atom. The summed E-state index contributed by atoms with van der Waals surface area (Å²) in [5.41, 5.74) is 6.28. The molecule has 1 aromatic carbocycles. The second-order valence-electron chi connectivity index (χ2n) is 4.56. The third kappa shape index (κ3) is 3.64. The standard InChI is InChI=1S/C13H16F2N2O2/c14-13(15)19-11-5-3-9(4-6-11)12(18)17-7-1-2-10(16)8-17/h3-6,10,13H,1-2,7-8,16H2. The lowest BCUT2D eigenvalue weighted by atomic mass is 10.1. The summed E-state index contributed by atoms with van der Waals surface area (Å²) in [4.78, 5) is 13.9. The largest absolute Gasteiger partial charge is 0.435 e. The highest BCUT2D eigenvalue weighted by molar-refractivity contribution is 5.94. The van der Waals surface area contributed by atoms with Crippen LogP contribution >= 0.6 is 0 Å². The Labute approximate surface area is 110 Å². The molecule has 0 aromatic heterocycles. The van der Waals surface area contributed by atoms with Crippen molar-refractivity contribution in [2.45, 2.75) is 25.5 Å². The Hall–Kier alpha value is -1.69. The summed E-state index contributed by atoms with van der Waals surface area (Å²) in [6.07, 6.45) is 1.81. The van der Waals surface area contributed by atoms with Crippen molar-refractivity contribution in [3.63, 3.8) is 0 Å². The summed E-state index contributed by atoms with van der Waals surface area (Å²) in [5, 5.41) is 0. The normalized spacial score (nSPS) is 19.6. The minimum Gasteiger partial charge on any atom is -0.435 e. The van der Waals surface area contributed by atoms with Crippen molar-refractivity contribution >= 4 is 5.91 Å². The maximum atomic E-state index is 12.2. The molecular formula is C13H16F2N2O2. The summed E-state index contributed by atoms with van der Waals surface area (Å²) in [7, 11) is 0. The van der Waals surface area contributed by atoms with Crippen LogP contribution in [0.15, 0.2) is 24.3 Å². The molecule has 0 spiro atoms. The average Bonchev–Trinajstić information content (AvgIpc) is 2.38. The molecule has 2 rings (SSSR count). The molecule has 0 saturated carbocycles. The Balaban J connectivity index is 2.02. The van der Waals surface area contributed by atoms with Gasteiger partial charge in [-0.1, -0.05) is 0 Å². The van der Waals surface area contributed by atoms with E-state index in [1.165, 1.54) is 24.3 Å². The van der Waals surface area contributed by atoms with E-state index in [0.29, 0.717) is 18.7 Å². The van der Waals surface area contributed by atoms with E-state index in [0.717, 1.165) is 12.8 Å². The number of carbonyl (C=O) groups excluding carboxylic acids is 1. The maximum absolute atomic E-state index is 12.2. The van der Waals surface area contributed by atoms with Crippen LogP contribution in [0.1, 0.15) is 23.2 Å². The zero-order chi connectivity index (χ0) is 13.8. The Morgan fingerprint density at radius 2 is 2.05 bits per heavy atom. The number of piperidine rings is 1. The van der Waals surface area contributed by atoms with E-state index in [-0.39, 0.29) is 17.7 Å². The first kappa shape index (κ1) is 13.7. The summed E-state index contributed by atoms with van der Waals surface area (Å²) in [6, 6.07) is 5.71. The van der Waals surface area contributed by atoms with E-state index in [9.17, 15) is 13.6 Å². The minimum absolute atomic E-state index is 0.0131. The quantitative estimate of drug-likeness (QED) is 0.912. The fraction of sp³-hybridized carbons (Fsp3) is 0.462. The zero-order valence-electron chi connectivity index (χ0n) is 10.4. The molecule has 0 aliphatic carbocycles. The lowest BCUT2D eigenvalue weighted by molar-refractivity contribution is -0.0498. The van der Waals surface area contributed by atoms with Gasteiger partial charge in [0.15, 0.2) is 0 Å². The minimum atomic E-state index is -2.86. The first-order chi connectivity index (χ1) is 9.06. The Bertz CT molecular complexity index is 437. The van der Waals surface area contributed by atoms with Gasteiger partial charge in [0.05, 0.1) is 0 Å². The molecule has 1 aliphatic heterocycles. The van der Waals surface area contributed by atoms with Crippen LogP contribution in [0.3, 0.4) is 0 Å². The van der Waals surface area contributed by atoms with Gasteiger partial charge in [-0.3, -0.25) is 4.79 Å². The SMILES string of the molecule is NC1CCCN(C(=O)c2ccc(OC(F)F)cc2)C1. The van der Waals surface area contributed by atoms with Gasteiger partial charge in [0.25, 0.3) is 5.91 Å². The topological polar surface area (TPSA) is 55.6 Å². The fourth-order valence-corrected chi connectivity index (χ4v) is 2.16. The number of alkyl halides is 2. The molecule has 19 heavy (non-hydrogen) atoms. The first-order valence-electron chi connectivity index (χ1n) is 6.16. The van der Waals surface area contributed by atoms with Crippen LogP contribution in [0.25, 0.3) is 0 Å². The van der Waals surface area contributed by atoms with Gasteiger partial charge in [-0.15, -0.1) is 0 Å². The van der Waals surface area contributed by atoms with Crippen LogP contribution in [0.4, 0.5) is 8.78 Å². The van der Waals surface area contributed by atoms with Gasteiger partial charge in [0, 0.05) is 24.7 Å². The van der Waals surface area contributed by atoms with Crippen LogP contribution in [-0.2, 0) is 0 Å². The predicted octanol–water partition coefficient (Wildman–Crippen LogP) is 1.85. The molecule has 104 valence electrons. The van der Waals surface area contributed by atoms with Gasteiger partial charge >= 0.3 is 6.61 Å². The predicted molar refractivity (Wildman–Crippen MR) is 66.2 cm³/mol. The third-order valence-electron chi connectivity index (χ3n) is 3.07. The zero-order valence-corrected chi connectivity index (χ0v) is 10.4. The summed E-state index contributed by atoms with van der Waals surface area (Å²) >= 11 is 0. The molecular weight excluding hydrogens is 254 g/mol. The van der Waals surface area contributed by atoms with E-state index in [4.69, 9.17) is 5.73 Å². The number of halogens is 2. The Kier molecular flexibility index (Phi) is 4.31. The highest BCUT2D eigenvalue weighted by atomic mass is 19.3. The average molecular weight is 270 g/mol. The third-order valence-corrected chi connectivity index (χ3v) is 3.07. The number of nitrogens with zero attached hydrogens (tertiary/aromatic N) is 1. The van der Waals surface area contributed by atoms with Gasteiger partial charge in [0.2, 0.25) is 0 Å². The first-order valence-corrected chi connectivity index (χ1v) is 6.16. The monoisotopic (exact) mass is 270 g/mol. The van der Waals surface area contributed by atoms with Crippen molar-refractivity contribution in [3.05, 3.63) is 29.8 Å². The number of nitrogens with two attached hydrogens (primary N) is 1. The van der Waals surface area contributed by atoms with E-state index in [1.807, 2.05) is 0 Å². The second kappa shape index (κ2) is 5.97. The fourth-order valence-electron chi connectivity index (χ4n) is 2.16. The lowest BCUT2D eigenvalue weighted by Gasteiger charge is -2.30. The molecule has 1 atom stereocenters. The number of amides is 1. The van der Waals surface area contributed by atoms with Crippen molar-refractivity contribution in [1.82, 2.24) is 4.90 Å². The molecule has 1 amide bonds. The molecule has 6 heteroatoms. The highest BCUT2D eigenvalue weighted by Crippen LogP contribution is 2.17. The highest BCUT2D eigenvalue weighted by Gasteiger charge is 2.22. The van der Waals surface area contributed by atoms with Crippen molar-refractivity contribution in [2.75, 3.05) is 13.1 Å². The van der Waals surface area contributed by atoms with Crippen molar-refractivity contribution in [3.8, 4) is 5.75 Å². The number of benzene rings is 1. The van der Waals surface area contributed by atoms with E-state index < -0.39 is 6.61 Å². The van der Waals surface area contributed by atoms with Crippen LogP contribution in [0, 0.1) is 0 Å². The van der Waals surface area contributed by atoms with E-state index in [1.54, 1.807) is 4.90 Å². The molecule has 1 heterocycles. The van der Waals surface area contributed by atoms with E-state index in [2.05, 4.69) is 4.74 Å². The molecule has 0 radical (unpaired) electrons. The van der Waals surface area contributed by atoms with Gasteiger partial charge in [0.1, 0.15) is 5.75 Å². The van der Waals surface area contributed by atoms with Gasteiger partial charge in [-0.2, -0.15) is 8.78 Å². The van der Waals surface area contributed by atoms with Crippen molar-refractivity contribution in [2.24, 2.45) is 5.73 Å². The molecule has 1 saturated heterocycles. The maximum Gasteiger partial charge on any atom is 0.387 e. The molecule has 1 unspecified atom stereocenters. The van der Waals surface area contributed by atoms with Crippen molar-refractivity contribution in [1.29, 1.82) is 0 Å². The summed E-state index contributed by atoms with van der Waals surface area (Å²) in [5.74, 6) is -0.0827. The number of hydrogen-bond donors (Lipinski definition) is 1. The van der Waals surface area contributed by atoms with Crippen molar-refractivity contribution < 1.29 is 18.3 Å². The number of rotatable bonds is 3. The smallest absolute Gasteiger partial charge is 0.387 e. The van der Waals surface area contributed by atoms with Crippen LogP contribution < -0.4 is 10.5 Å². The Morgan fingerprint density at radius 1 is 1.37 bits per heavy atom. The molecule has 1 aliphatic rings. The van der Waals surface area contributed by atoms with Gasteiger partial charge in [-0.25, -0.2) is 0 Å². The van der Waals surface area contributed by atoms with Crippen LogP contribution in [0.5, 0.6) is 5.75 Å². The molecule has 1 aromatic rings. The van der Waals surface area contributed by atoms with Crippen LogP contribution in [-0.4, -0.2) is 36.5 Å². The van der Waals surface area contributed by atoms with Gasteiger partial charge in [-0.05, 0) is 37.1 Å². The van der Waals surface area contributed by atoms with E-state index >= 15 is 0 Å². The molecule has 4 nitrogen and oxygen atoms in total. The number of ether oxygens (including phenoxy) is 1. The lowest BCUT2D eigenvalue weighted by Crippen LogP contribution is -2.45. The number of hydrogen-bond acceptors (Lipinski definition) is 3. The molecule has 2 N–H and O–H groups in total. The number of carbonyl (C=O) groups is 1. The summed E-state index contributed by atoms with van der Waals surface area (Å²) < 4.78 is 28.2. The van der Waals surface area contributed by atoms with Crippen LogP contribution in [0.2, 0.25) is 0 Å². The second-order valence-corrected chi connectivity index (χ2v) is 4.56. The number of likely N-dealkylation sites (tertiary alicyclic amines) is 1. The van der Waals surface area contributed by atoms with Gasteiger partial charge < -0.3 is 15.4 Å².